The number of likely N-dealkylation sites (tertiary alicyclic amines) is 1. The highest BCUT2D eigenvalue weighted by molar-refractivity contribution is 5.50. The maximum atomic E-state index is 6.15. The van der Waals surface area contributed by atoms with Gasteiger partial charge >= 0.3 is 0 Å². The lowest BCUT2D eigenvalue weighted by atomic mass is 9.87. The molecular formula is C23H33NO3. The molecule has 2 heterocycles. The van der Waals surface area contributed by atoms with Crippen LogP contribution in [0.2, 0.25) is 0 Å². The molecule has 0 aromatic heterocycles. The molecule has 0 saturated carbocycles. The highest BCUT2D eigenvalue weighted by Crippen LogP contribution is 2.36. The summed E-state index contributed by atoms with van der Waals surface area (Å²) in [5.41, 5.74) is 3.85. The van der Waals surface area contributed by atoms with Crippen molar-refractivity contribution in [1.82, 2.24) is 4.90 Å². The summed E-state index contributed by atoms with van der Waals surface area (Å²) in [6, 6.07) is 4.35. The molecular weight excluding hydrogens is 338 g/mol. The van der Waals surface area contributed by atoms with Gasteiger partial charge in [-0.2, -0.15) is 0 Å². The Kier molecular flexibility index (Phi) is 6.61. The second-order valence-electron chi connectivity index (χ2n) is 7.64. The summed E-state index contributed by atoms with van der Waals surface area (Å²) < 4.78 is 17.6. The molecule has 0 radical (unpaired) electrons. The van der Waals surface area contributed by atoms with E-state index in [9.17, 15) is 0 Å². The number of nitrogens with zero attached hydrogens (tertiary/aromatic N) is 1. The predicted octanol–water partition coefficient (Wildman–Crippen LogP) is 4.52. The van der Waals surface area contributed by atoms with Gasteiger partial charge in [-0.3, -0.25) is 4.90 Å². The van der Waals surface area contributed by atoms with Crippen LogP contribution in [0.3, 0.4) is 0 Å². The third-order valence-electron chi connectivity index (χ3n) is 5.57. The van der Waals surface area contributed by atoms with E-state index in [-0.39, 0.29) is 5.60 Å². The summed E-state index contributed by atoms with van der Waals surface area (Å²) in [5.74, 6) is 1.66. The summed E-state index contributed by atoms with van der Waals surface area (Å²) >= 11 is 0. The zero-order valence-corrected chi connectivity index (χ0v) is 17.1. The van der Waals surface area contributed by atoms with Gasteiger partial charge in [0, 0.05) is 25.2 Å². The van der Waals surface area contributed by atoms with Crippen molar-refractivity contribution in [2.45, 2.75) is 51.7 Å². The molecule has 0 aliphatic carbocycles. The van der Waals surface area contributed by atoms with Crippen molar-refractivity contribution in [3.05, 3.63) is 47.6 Å². The molecule has 1 spiro atoms. The monoisotopic (exact) mass is 371 g/mol. The Labute approximate surface area is 163 Å². The van der Waals surface area contributed by atoms with E-state index in [0.717, 1.165) is 69.0 Å². The van der Waals surface area contributed by atoms with Gasteiger partial charge in [-0.05, 0) is 51.2 Å². The van der Waals surface area contributed by atoms with Gasteiger partial charge in [-0.25, -0.2) is 0 Å². The summed E-state index contributed by atoms with van der Waals surface area (Å²) in [6.45, 7) is 12.6. The van der Waals surface area contributed by atoms with E-state index in [1.165, 1.54) is 11.1 Å². The lowest BCUT2D eigenvalue weighted by Crippen LogP contribution is -2.46. The first-order chi connectivity index (χ1) is 13.1. The Bertz CT molecular complexity index is 687. The normalized spacial score (nSPS) is 19.6. The van der Waals surface area contributed by atoms with Crippen LogP contribution in [0, 0.1) is 0 Å². The van der Waals surface area contributed by atoms with Crippen molar-refractivity contribution in [3.63, 3.8) is 0 Å². The summed E-state index contributed by atoms with van der Waals surface area (Å²) in [4.78, 5) is 2.51. The highest BCUT2D eigenvalue weighted by atomic mass is 16.5. The Hall–Kier alpha value is -1.78. The molecule has 1 aromatic rings. The van der Waals surface area contributed by atoms with E-state index in [4.69, 9.17) is 14.2 Å². The van der Waals surface area contributed by atoms with E-state index in [1.54, 1.807) is 7.11 Å². The van der Waals surface area contributed by atoms with Crippen LogP contribution in [0.25, 0.3) is 0 Å². The fourth-order valence-corrected chi connectivity index (χ4v) is 4.20. The number of rotatable bonds is 7. The molecule has 2 aliphatic rings. The van der Waals surface area contributed by atoms with Crippen LogP contribution in [0.15, 0.2) is 36.4 Å². The van der Waals surface area contributed by atoms with Gasteiger partial charge in [-0.15, -0.1) is 6.58 Å². The third-order valence-corrected chi connectivity index (χ3v) is 5.57. The molecule has 4 nitrogen and oxygen atoms in total. The molecule has 3 rings (SSSR count). The molecule has 0 N–H and O–H groups in total. The molecule has 0 bridgehead atoms. The van der Waals surface area contributed by atoms with Crippen LogP contribution in [0.5, 0.6) is 11.5 Å². The summed E-state index contributed by atoms with van der Waals surface area (Å²) in [6.07, 6.45) is 8.27. The van der Waals surface area contributed by atoms with Gasteiger partial charge in [0.25, 0.3) is 0 Å². The van der Waals surface area contributed by atoms with Crippen LogP contribution in [-0.2, 0) is 17.7 Å². The second-order valence-corrected chi connectivity index (χ2v) is 7.64. The van der Waals surface area contributed by atoms with Crippen LogP contribution < -0.4 is 9.47 Å². The average Bonchev–Trinajstić information content (AvgIpc) is 2.66. The first-order valence-corrected chi connectivity index (χ1v) is 10.1. The summed E-state index contributed by atoms with van der Waals surface area (Å²) in [5, 5.41) is 0. The Morgan fingerprint density at radius 2 is 2.07 bits per heavy atom. The van der Waals surface area contributed by atoms with Crippen molar-refractivity contribution < 1.29 is 14.2 Å². The van der Waals surface area contributed by atoms with Gasteiger partial charge in [0.15, 0.2) is 11.5 Å². The fourth-order valence-electron chi connectivity index (χ4n) is 4.20. The van der Waals surface area contributed by atoms with Crippen molar-refractivity contribution in [1.29, 1.82) is 0 Å². The molecule has 148 valence electrons. The van der Waals surface area contributed by atoms with Crippen molar-refractivity contribution >= 4 is 0 Å². The Morgan fingerprint density at radius 1 is 1.30 bits per heavy atom. The molecule has 27 heavy (non-hydrogen) atoms. The van der Waals surface area contributed by atoms with Crippen LogP contribution >= 0.6 is 0 Å². The van der Waals surface area contributed by atoms with E-state index >= 15 is 0 Å². The zero-order chi connectivity index (χ0) is 19.3. The number of allylic oxidation sites excluding steroid dienone is 1. The lowest BCUT2D eigenvalue weighted by Gasteiger charge is -2.42. The molecule has 0 amide bonds. The second kappa shape index (κ2) is 8.94. The quantitative estimate of drug-likeness (QED) is 0.659. The minimum Gasteiger partial charge on any atom is -0.493 e. The number of methoxy groups -OCH3 is 1. The van der Waals surface area contributed by atoms with E-state index in [1.807, 2.05) is 13.0 Å². The molecule has 1 fully saturated rings. The minimum absolute atomic E-state index is 0.0245. The number of ether oxygens (including phenoxy) is 3. The maximum absolute atomic E-state index is 6.15. The van der Waals surface area contributed by atoms with Crippen LogP contribution in [0.4, 0.5) is 0 Å². The first kappa shape index (κ1) is 20.0. The van der Waals surface area contributed by atoms with Gasteiger partial charge in [0.05, 0.1) is 25.9 Å². The number of piperidine rings is 1. The molecule has 0 atom stereocenters. The van der Waals surface area contributed by atoms with Gasteiger partial charge in [0.1, 0.15) is 0 Å². The van der Waals surface area contributed by atoms with Gasteiger partial charge in [-0.1, -0.05) is 23.8 Å². The number of hydrogen-bond donors (Lipinski definition) is 0. The molecule has 1 saturated heterocycles. The topological polar surface area (TPSA) is 30.9 Å². The van der Waals surface area contributed by atoms with Crippen molar-refractivity contribution in [2.24, 2.45) is 0 Å². The Balaban J connectivity index is 1.71. The largest absolute Gasteiger partial charge is 0.493 e. The SMILES string of the molecule is C=CCc1cc(CN2CCC3(C=C(C)CCO3)CC2)cc(OC)c1OCC. The predicted molar refractivity (Wildman–Crippen MR) is 110 cm³/mol. The molecule has 1 aromatic carbocycles. The third kappa shape index (κ3) is 4.74. The lowest BCUT2D eigenvalue weighted by molar-refractivity contribution is -0.0577. The van der Waals surface area contributed by atoms with E-state index in [0.29, 0.717) is 6.61 Å². The van der Waals surface area contributed by atoms with Gasteiger partial charge in [0.2, 0.25) is 0 Å². The van der Waals surface area contributed by atoms with E-state index < -0.39 is 0 Å². The smallest absolute Gasteiger partial charge is 0.164 e. The Morgan fingerprint density at radius 3 is 2.70 bits per heavy atom. The van der Waals surface area contributed by atoms with Crippen molar-refractivity contribution in [2.75, 3.05) is 33.4 Å². The van der Waals surface area contributed by atoms with Crippen molar-refractivity contribution in [3.8, 4) is 11.5 Å². The average molecular weight is 372 g/mol. The standard InChI is InChI=1S/C23H33NO3/c1-5-7-20-14-19(15-21(25-4)22(20)26-6-2)17-24-11-9-23(10-12-24)16-18(3)8-13-27-23/h5,14-16H,1,6-13,17H2,2-4H3. The number of benzene rings is 1. The maximum Gasteiger partial charge on any atom is 0.164 e. The molecule has 2 aliphatic heterocycles. The first-order valence-electron chi connectivity index (χ1n) is 10.1. The van der Waals surface area contributed by atoms with Crippen LogP contribution in [-0.4, -0.2) is 43.9 Å². The molecule has 0 unspecified atom stereocenters. The summed E-state index contributed by atoms with van der Waals surface area (Å²) in [7, 11) is 1.71. The highest BCUT2D eigenvalue weighted by Gasteiger charge is 2.35. The van der Waals surface area contributed by atoms with Gasteiger partial charge < -0.3 is 14.2 Å². The minimum atomic E-state index is -0.0245. The molecule has 4 heteroatoms. The van der Waals surface area contributed by atoms with Crippen LogP contribution in [0.1, 0.15) is 44.2 Å². The fraction of sp³-hybridized carbons (Fsp3) is 0.565. The zero-order valence-electron chi connectivity index (χ0n) is 17.1. The van der Waals surface area contributed by atoms with E-state index in [2.05, 4.69) is 36.6 Å². The number of hydrogen-bond acceptors (Lipinski definition) is 4.